The van der Waals surface area contributed by atoms with Gasteiger partial charge in [-0.15, -0.1) is 11.3 Å². The summed E-state index contributed by atoms with van der Waals surface area (Å²) >= 11 is 1.38. The molecule has 0 atom stereocenters. The van der Waals surface area contributed by atoms with Crippen molar-refractivity contribution in [3.8, 4) is 16.2 Å². The predicted octanol–water partition coefficient (Wildman–Crippen LogP) is 5.39. The Kier molecular flexibility index (Phi) is 3.86. The highest BCUT2D eigenvalue weighted by molar-refractivity contribution is 7.17. The molecule has 0 radical (unpaired) electrons. The van der Waals surface area contributed by atoms with Gasteiger partial charge >= 0.3 is 5.97 Å². The number of rotatable bonds is 3. The predicted molar refractivity (Wildman–Crippen MR) is 98.2 cm³/mol. The van der Waals surface area contributed by atoms with E-state index in [0.29, 0.717) is 10.6 Å². The summed E-state index contributed by atoms with van der Waals surface area (Å²) in [6.07, 6.45) is 0. The van der Waals surface area contributed by atoms with Crippen molar-refractivity contribution in [2.24, 2.45) is 0 Å². The van der Waals surface area contributed by atoms with E-state index in [0.717, 1.165) is 32.7 Å². The Bertz CT molecular complexity index is 1060. The van der Waals surface area contributed by atoms with E-state index in [2.05, 4.69) is 5.16 Å². The highest BCUT2D eigenvalue weighted by atomic mass is 32.1. The largest absolute Gasteiger partial charge is 0.422 e. The number of esters is 1. The van der Waals surface area contributed by atoms with Crippen molar-refractivity contribution in [2.45, 2.75) is 13.8 Å². The van der Waals surface area contributed by atoms with Crippen LogP contribution in [-0.4, -0.2) is 11.1 Å². The Morgan fingerprint density at radius 2 is 1.84 bits per heavy atom. The number of benzene rings is 2. The van der Waals surface area contributed by atoms with Crippen LogP contribution in [0.25, 0.3) is 21.2 Å². The molecule has 0 aliphatic rings. The quantitative estimate of drug-likeness (QED) is 0.367. The maximum atomic E-state index is 12.5. The molecule has 0 amide bonds. The van der Waals surface area contributed by atoms with Gasteiger partial charge in [-0.1, -0.05) is 35.5 Å². The average molecular weight is 349 g/mol. The average Bonchev–Trinajstić information content (AvgIpc) is 3.21. The zero-order valence-electron chi connectivity index (χ0n) is 13.8. The van der Waals surface area contributed by atoms with E-state index in [1.807, 2.05) is 62.4 Å². The van der Waals surface area contributed by atoms with Gasteiger partial charge in [-0.2, -0.15) is 0 Å². The standard InChI is InChI=1S/C20H15NO3S/c1-12-19(13(2)24-21-12)17-9-10-18(25-17)20(22)23-16-8-7-14-5-3-4-6-15(14)11-16/h3-11H,1-2H3. The van der Waals surface area contributed by atoms with Gasteiger partial charge in [0.05, 0.1) is 11.3 Å². The molecule has 0 N–H and O–H groups in total. The molecule has 25 heavy (non-hydrogen) atoms. The number of fused-ring (bicyclic) bond motifs is 1. The Balaban J connectivity index is 1.59. The fraction of sp³-hybridized carbons (Fsp3) is 0.100. The molecule has 2 aromatic heterocycles. The monoisotopic (exact) mass is 349 g/mol. The number of carbonyl (C=O) groups is 1. The van der Waals surface area contributed by atoms with E-state index in [1.54, 1.807) is 6.07 Å². The molecule has 0 fully saturated rings. The topological polar surface area (TPSA) is 52.3 Å². The normalized spacial score (nSPS) is 11.0. The molecule has 2 aromatic carbocycles. The number of hydrogen-bond donors (Lipinski definition) is 0. The van der Waals surface area contributed by atoms with Crippen LogP contribution in [0.2, 0.25) is 0 Å². The summed E-state index contributed by atoms with van der Waals surface area (Å²) in [5.41, 5.74) is 1.75. The molecule has 5 heteroatoms. The molecule has 124 valence electrons. The number of hydrogen-bond acceptors (Lipinski definition) is 5. The van der Waals surface area contributed by atoms with Crippen molar-refractivity contribution in [3.05, 3.63) is 70.9 Å². The maximum absolute atomic E-state index is 12.5. The van der Waals surface area contributed by atoms with Gasteiger partial charge in [-0.3, -0.25) is 0 Å². The van der Waals surface area contributed by atoms with Crippen LogP contribution in [0.15, 0.2) is 59.1 Å². The lowest BCUT2D eigenvalue weighted by Crippen LogP contribution is -2.06. The first kappa shape index (κ1) is 15.6. The van der Waals surface area contributed by atoms with Crippen LogP contribution < -0.4 is 4.74 Å². The SMILES string of the molecule is Cc1noc(C)c1-c1ccc(C(=O)Oc2ccc3ccccc3c2)s1. The zero-order chi connectivity index (χ0) is 17.4. The minimum absolute atomic E-state index is 0.363. The molecule has 2 heterocycles. The summed E-state index contributed by atoms with van der Waals surface area (Å²) in [4.78, 5) is 13.9. The number of aromatic nitrogens is 1. The van der Waals surface area contributed by atoms with E-state index in [1.165, 1.54) is 11.3 Å². The van der Waals surface area contributed by atoms with Crippen LogP contribution in [0, 0.1) is 13.8 Å². The minimum atomic E-state index is -0.363. The lowest BCUT2D eigenvalue weighted by molar-refractivity contribution is 0.0740. The van der Waals surface area contributed by atoms with Crippen molar-refractivity contribution < 1.29 is 14.1 Å². The Morgan fingerprint density at radius 1 is 1.04 bits per heavy atom. The summed E-state index contributed by atoms with van der Waals surface area (Å²) in [5, 5.41) is 6.11. The molecular weight excluding hydrogens is 334 g/mol. The Morgan fingerprint density at radius 3 is 2.60 bits per heavy atom. The highest BCUT2D eigenvalue weighted by Crippen LogP contribution is 2.33. The maximum Gasteiger partial charge on any atom is 0.353 e. The summed E-state index contributed by atoms with van der Waals surface area (Å²) in [6.45, 7) is 3.75. The molecule has 0 saturated carbocycles. The third kappa shape index (κ3) is 2.94. The van der Waals surface area contributed by atoms with Gasteiger partial charge in [0.2, 0.25) is 0 Å². The van der Waals surface area contributed by atoms with Crippen LogP contribution in [0.1, 0.15) is 21.1 Å². The van der Waals surface area contributed by atoms with Crippen molar-refractivity contribution in [1.29, 1.82) is 0 Å². The molecule has 0 unspecified atom stereocenters. The van der Waals surface area contributed by atoms with Gasteiger partial charge in [0.25, 0.3) is 0 Å². The second-order valence-electron chi connectivity index (χ2n) is 5.76. The van der Waals surface area contributed by atoms with Gasteiger partial charge in [-0.25, -0.2) is 4.79 Å². The first-order valence-electron chi connectivity index (χ1n) is 7.86. The fourth-order valence-electron chi connectivity index (χ4n) is 2.80. The van der Waals surface area contributed by atoms with Gasteiger partial charge in [0, 0.05) is 4.88 Å². The number of thiophene rings is 1. The molecule has 0 saturated heterocycles. The third-order valence-electron chi connectivity index (χ3n) is 4.02. The minimum Gasteiger partial charge on any atom is -0.422 e. The summed E-state index contributed by atoms with van der Waals surface area (Å²) in [7, 11) is 0. The van der Waals surface area contributed by atoms with Crippen LogP contribution in [0.4, 0.5) is 0 Å². The number of carbonyl (C=O) groups excluding carboxylic acids is 1. The van der Waals surface area contributed by atoms with Crippen LogP contribution in [-0.2, 0) is 0 Å². The first-order valence-corrected chi connectivity index (χ1v) is 8.67. The Labute approximate surface area is 148 Å². The number of ether oxygens (including phenoxy) is 1. The van der Waals surface area contributed by atoms with E-state index in [-0.39, 0.29) is 5.97 Å². The second kappa shape index (κ2) is 6.18. The van der Waals surface area contributed by atoms with Gasteiger partial charge < -0.3 is 9.26 Å². The summed E-state index contributed by atoms with van der Waals surface area (Å²) in [5.74, 6) is 0.920. The Hall–Kier alpha value is -2.92. The lowest BCUT2D eigenvalue weighted by Gasteiger charge is -2.04. The van der Waals surface area contributed by atoms with E-state index in [9.17, 15) is 4.79 Å². The molecule has 0 bridgehead atoms. The van der Waals surface area contributed by atoms with Gasteiger partial charge in [0.15, 0.2) is 0 Å². The molecule has 4 rings (SSSR count). The van der Waals surface area contributed by atoms with Crippen LogP contribution >= 0.6 is 11.3 Å². The molecular formula is C20H15NO3S. The smallest absolute Gasteiger partial charge is 0.353 e. The molecule has 4 nitrogen and oxygen atoms in total. The van der Waals surface area contributed by atoms with E-state index < -0.39 is 0 Å². The van der Waals surface area contributed by atoms with E-state index >= 15 is 0 Å². The van der Waals surface area contributed by atoms with Crippen molar-refractivity contribution >= 4 is 28.1 Å². The highest BCUT2D eigenvalue weighted by Gasteiger charge is 2.17. The van der Waals surface area contributed by atoms with Crippen molar-refractivity contribution in [3.63, 3.8) is 0 Å². The number of aryl methyl sites for hydroxylation is 2. The lowest BCUT2D eigenvalue weighted by atomic mass is 10.1. The molecule has 0 aliphatic heterocycles. The second-order valence-corrected chi connectivity index (χ2v) is 6.85. The van der Waals surface area contributed by atoms with Crippen LogP contribution in [0.5, 0.6) is 5.75 Å². The fourth-order valence-corrected chi connectivity index (χ4v) is 3.83. The molecule has 0 aliphatic carbocycles. The molecule has 0 spiro atoms. The van der Waals surface area contributed by atoms with Crippen molar-refractivity contribution in [1.82, 2.24) is 5.16 Å². The van der Waals surface area contributed by atoms with Crippen LogP contribution in [0.3, 0.4) is 0 Å². The first-order chi connectivity index (χ1) is 12.1. The third-order valence-corrected chi connectivity index (χ3v) is 5.10. The summed E-state index contributed by atoms with van der Waals surface area (Å²) < 4.78 is 10.7. The van der Waals surface area contributed by atoms with Crippen molar-refractivity contribution in [2.75, 3.05) is 0 Å². The zero-order valence-corrected chi connectivity index (χ0v) is 14.6. The van der Waals surface area contributed by atoms with Gasteiger partial charge in [-0.05, 0) is 48.9 Å². The van der Waals surface area contributed by atoms with Gasteiger partial charge in [0.1, 0.15) is 16.4 Å². The molecule has 4 aromatic rings. The summed E-state index contributed by atoms with van der Waals surface area (Å²) in [6, 6.07) is 17.3. The van der Waals surface area contributed by atoms with E-state index in [4.69, 9.17) is 9.26 Å². The number of nitrogens with zero attached hydrogens (tertiary/aromatic N) is 1.